The van der Waals surface area contributed by atoms with Crippen LogP contribution < -0.4 is 5.32 Å². The Morgan fingerprint density at radius 1 is 1.20 bits per heavy atom. The van der Waals surface area contributed by atoms with E-state index in [1.54, 1.807) is 18.2 Å². The van der Waals surface area contributed by atoms with E-state index < -0.39 is 9.84 Å². The molecule has 0 aliphatic carbocycles. The van der Waals surface area contributed by atoms with Gasteiger partial charge in [-0.3, -0.25) is 9.69 Å². The SMILES string of the molecule is CC1C(NC(=O)c2cc3c(S(=O)(=O)c4ccccc4)coc3cn2)C2CCN1CC2. The lowest BCUT2D eigenvalue weighted by atomic mass is 9.79. The molecule has 5 heterocycles. The first-order valence-corrected chi connectivity index (χ1v) is 11.7. The van der Waals surface area contributed by atoms with Crippen LogP contribution in [0.15, 0.2) is 63.1 Å². The normalized spacial score (nSPS) is 26.0. The van der Waals surface area contributed by atoms with Crippen molar-refractivity contribution in [3.63, 3.8) is 0 Å². The third-order valence-corrected chi connectivity index (χ3v) is 8.26. The number of carbonyl (C=O) groups excluding carboxylic acids is 1. The van der Waals surface area contributed by atoms with E-state index in [4.69, 9.17) is 4.42 Å². The number of aromatic nitrogens is 1. The predicted molar refractivity (Wildman–Crippen MR) is 111 cm³/mol. The molecule has 1 aromatic carbocycles. The zero-order valence-corrected chi connectivity index (χ0v) is 17.4. The standard InChI is InChI=1S/C22H23N3O4S/c1-14-21(15-7-9-25(14)10-8-15)24-22(26)18-11-17-19(12-23-18)29-13-20(17)30(27,28)16-5-3-2-4-6-16/h2-6,11-15,21H,7-10H2,1H3,(H,24,26). The highest BCUT2D eigenvalue weighted by atomic mass is 32.2. The minimum Gasteiger partial charge on any atom is -0.461 e. The summed E-state index contributed by atoms with van der Waals surface area (Å²) in [5.74, 6) is 0.187. The van der Waals surface area contributed by atoms with Gasteiger partial charge in [0.15, 0.2) is 5.58 Å². The second-order valence-corrected chi connectivity index (χ2v) is 10.0. The van der Waals surface area contributed by atoms with Gasteiger partial charge in [-0.25, -0.2) is 13.4 Å². The number of sulfone groups is 1. The molecule has 8 heteroatoms. The Morgan fingerprint density at radius 2 is 1.93 bits per heavy atom. The Hall–Kier alpha value is -2.71. The highest BCUT2D eigenvalue weighted by Crippen LogP contribution is 2.33. The van der Waals surface area contributed by atoms with Crippen LogP contribution in [0.4, 0.5) is 0 Å². The van der Waals surface area contributed by atoms with E-state index >= 15 is 0 Å². The van der Waals surface area contributed by atoms with E-state index in [2.05, 4.69) is 22.1 Å². The fourth-order valence-electron chi connectivity index (χ4n) is 4.74. The van der Waals surface area contributed by atoms with Gasteiger partial charge in [-0.05, 0) is 57.0 Å². The minimum absolute atomic E-state index is 0.0383. The number of amides is 1. The number of nitrogens with one attached hydrogen (secondary N) is 1. The lowest BCUT2D eigenvalue weighted by Crippen LogP contribution is -2.62. The number of hydrogen-bond acceptors (Lipinski definition) is 6. The molecule has 2 bridgehead atoms. The highest BCUT2D eigenvalue weighted by Gasteiger charge is 2.40. The van der Waals surface area contributed by atoms with Crippen LogP contribution in [0.3, 0.4) is 0 Å². The molecule has 3 saturated heterocycles. The van der Waals surface area contributed by atoms with Crippen molar-refractivity contribution in [1.29, 1.82) is 0 Å². The Bertz CT molecular complexity index is 1200. The van der Waals surface area contributed by atoms with Crippen molar-refractivity contribution in [2.75, 3.05) is 13.1 Å². The van der Waals surface area contributed by atoms with Gasteiger partial charge in [-0.1, -0.05) is 18.2 Å². The van der Waals surface area contributed by atoms with Crippen LogP contribution in [0.2, 0.25) is 0 Å². The van der Waals surface area contributed by atoms with E-state index in [0.717, 1.165) is 25.9 Å². The van der Waals surface area contributed by atoms with Crippen LogP contribution in [-0.2, 0) is 9.84 Å². The molecule has 3 fully saturated rings. The molecule has 3 aliphatic rings. The summed E-state index contributed by atoms with van der Waals surface area (Å²) in [4.78, 5) is 19.8. The number of nitrogens with zero attached hydrogens (tertiary/aromatic N) is 2. The quantitative estimate of drug-likeness (QED) is 0.691. The predicted octanol–water partition coefficient (Wildman–Crippen LogP) is 2.87. The summed E-state index contributed by atoms with van der Waals surface area (Å²) in [6.45, 7) is 4.31. The zero-order chi connectivity index (χ0) is 20.9. The Morgan fingerprint density at radius 3 is 2.63 bits per heavy atom. The molecular weight excluding hydrogens is 402 g/mol. The van der Waals surface area contributed by atoms with E-state index in [1.807, 2.05) is 0 Å². The van der Waals surface area contributed by atoms with Crippen LogP contribution in [0, 0.1) is 5.92 Å². The third-order valence-electron chi connectivity index (χ3n) is 6.48. The molecule has 1 N–H and O–H groups in total. The van der Waals surface area contributed by atoms with Crippen molar-refractivity contribution in [1.82, 2.24) is 15.2 Å². The maximum Gasteiger partial charge on any atom is 0.270 e. The van der Waals surface area contributed by atoms with Gasteiger partial charge in [-0.15, -0.1) is 0 Å². The second kappa shape index (κ2) is 7.21. The summed E-state index contributed by atoms with van der Waals surface area (Å²) in [6.07, 6.45) is 4.80. The van der Waals surface area contributed by atoms with Crippen LogP contribution in [0.1, 0.15) is 30.3 Å². The van der Waals surface area contributed by atoms with Crippen molar-refractivity contribution in [2.24, 2.45) is 5.92 Å². The summed E-state index contributed by atoms with van der Waals surface area (Å²) in [6, 6.07) is 10.1. The lowest BCUT2D eigenvalue weighted by Gasteiger charge is -2.49. The largest absolute Gasteiger partial charge is 0.461 e. The van der Waals surface area contributed by atoms with E-state index in [-0.39, 0.29) is 33.5 Å². The maximum atomic E-state index is 13.1. The van der Waals surface area contributed by atoms with Crippen molar-refractivity contribution < 1.29 is 17.6 Å². The van der Waals surface area contributed by atoms with Crippen molar-refractivity contribution >= 4 is 26.7 Å². The molecule has 156 valence electrons. The minimum atomic E-state index is -3.77. The van der Waals surface area contributed by atoms with Gasteiger partial charge in [0.2, 0.25) is 9.84 Å². The molecule has 2 atom stereocenters. The fraction of sp³-hybridized carbons (Fsp3) is 0.364. The van der Waals surface area contributed by atoms with Crippen LogP contribution in [-0.4, -0.2) is 49.4 Å². The molecule has 0 saturated carbocycles. The lowest BCUT2D eigenvalue weighted by molar-refractivity contribution is 0.0216. The summed E-state index contributed by atoms with van der Waals surface area (Å²) in [5.41, 5.74) is 0.523. The summed E-state index contributed by atoms with van der Waals surface area (Å²) in [7, 11) is -3.77. The van der Waals surface area contributed by atoms with Crippen molar-refractivity contribution in [3.05, 3.63) is 54.6 Å². The monoisotopic (exact) mass is 425 g/mol. The molecule has 30 heavy (non-hydrogen) atoms. The number of rotatable bonds is 4. The van der Waals surface area contributed by atoms with Crippen LogP contribution in [0.25, 0.3) is 11.0 Å². The van der Waals surface area contributed by atoms with Gasteiger partial charge in [0.25, 0.3) is 5.91 Å². The van der Waals surface area contributed by atoms with Gasteiger partial charge >= 0.3 is 0 Å². The van der Waals surface area contributed by atoms with Gasteiger partial charge in [0.05, 0.1) is 11.1 Å². The number of furan rings is 1. The van der Waals surface area contributed by atoms with Crippen LogP contribution >= 0.6 is 0 Å². The zero-order valence-electron chi connectivity index (χ0n) is 16.6. The van der Waals surface area contributed by atoms with Gasteiger partial charge < -0.3 is 9.73 Å². The molecule has 2 aromatic heterocycles. The summed E-state index contributed by atoms with van der Waals surface area (Å²) < 4.78 is 31.5. The van der Waals surface area contributed by atoms with Crippen molar-refractivity contribution in [3.8, 4) is 0 Å². The van der Waals surface area contributed by atoms with Gasteiger partial charge in [0.1, 0.15) is 16.9 Å². The summed E-state index contributed by atoms with van der Waals surface area (Å²) in [5, 5.41) is 3.50. The first-order chi connectivity index (χ1) is 14.4. The summed E-state index contributed by atoms with van der Waals surface area (Å²) >= 11 is 0. The third kappa shape index (κ3) is 3.11. The number of benzene rings is 1. The smallest absolute Gasteiger partial charge is 0.270 e. The van der Waals surface area contributed by atoms with Crippen molar-refractivity contribution in [2.45, 2.75) is 41.6 Å². The molecule has 3 aromatic rings. The maximum absolute atomic E-state index is 13.1. The molecule has 7 nitrogen and oxygen atoms in total. The number of carbonyl (C=O) groups is 1. The molecule has 3 aliphatic heterocycles. The molecule has 0 radical (unpaired) electrons. The second-order valence-electron chi connectivity index (χ2n) is 8.10. The van der Waals surface area contributed by atoms with E-state index in [0.29, 0.717) is 16.9 Å². The fourth-order valence-corrected chi connectivity index (χ4v) is 6.13. The molecule has 1 amide bonds. The van der Waals surface area contributed by atoms with Gasteiger partial charge in [0, 0.05) is 17.5 Å². The first-order valence-electron chi connectivity index (χ1n) is 10.2. The van der Waals surface area contributed by atoms with E-state index in [9.17, 15) is 13.2 Å². The average molecular weight is 426 g/mol. The molecule has 6 rings (SSSR count). The van der Waals surface area contributed by atoms with Gasteiger partial charge in [-0.2, -0.15) is 0 Å². The van der Waals surface area contributed by atoms with Crippen LogP contribution in [0.5, 0.6) is 0 Å². The number of hydrogen-bond donors (Lipinski definition) is 1. The average Bonchev–Trinajstić information content (AvgIpc) is 3.21. The topological polar surface area (TPSA) is 92.5 Å². The highest BCUT2D eigenvalue weighted by molar-refractivity contribution is 7.91. The number of fused-ring (bicyclic) bond motifs is 4. The first kappa shape index (κ1) is 19.3. The Kier molecular flexibility index (Phi) is 4.63. The molecule has 2 unspecified atom stereocenters. The molecule has 0 spiro atoms. The Labute approximate surface area is 175 Å². The molecular formula is C22H23N3O4S. The number of piperidine rings is 3. The van der Waals surface area contributed by atoms with E-state index in [1.165, 1.54) is 30.7 Å². The Balaban J connectivity index is 1.47. The number of pyridine rings is 1.